The second-order valence-electron chi connectivity index (χ2n) is 10.1. The van der Waals surface area contributed by atoms with Crippen LogP contribution in [0, 0.1) is 17.8 Å². The molecule has 2 N–H and O–H groups in total. The van der Waals surface area contributed by atoms with Crippen molar-refractivity contribution < 1.29 is 18.8 Å². The zero-order valence-electron chi connectivity index (χ0n) is 18.1. The molecule has 4 bridgehead atoms. The van der Waals surface area contributed by atoms with Crippen LogP contribution < -0.4 is 10.6 Å². The van der Waals surface area contributed by atoms with Gasteiger partial charge in [0.15, 0.2) is 5.76 Å². The smallest absolute Gasteiger partial charge is 0.321 e. The van der Waals surface area contributed by atoms with Crippen molar-refractivity contribution in [2.45, 2.75) is 57.0 Å². The first-order valence-electron chi connectivity index (χ1n) is 11.6. The SMILES string of the molecule is CC(C(=O)NC(=O)NC12CC3CC(CC(C3)C1)C2)N1CCN(C(=O)c2ccco2)CC1. The van der Waals surface area contributed by atoms with Gasteiger partial charge in [-0.15, -0.1) is 0 Å². The van der Waals surface area contributed by atoms with Crippen LogP contribution in [0.1, 0.15) is 56.0 Å². The molecule has 5 aliphatic rings. The second kappa shape index (κ2) is 7.97. The first kappa shape index (κ1) is 20.5. The Balaban J connectivity index is 1.11. The van der Waals surface area contributed by atoms with Gasteiger partial charge in [-0.1, -0.05) is 0 Å². The van der Waals surface area contributed by atoms with Gasteiger partial charge in [0.1, 0.15) is 0 Å². The van der Waals surface area contributed by atoms with Crippen molar-refractivity contribution in [1.82, 2.24) is 20.4 Å². The van der Waals surface area contributed by atoms with Gasteiger partial charge in [0, 0.05) is 31.7 Å². The quantitative estimate of drug-likeness (QED) is 0.767. The van der Waals surface area contributed by atoms with Gasteiger partial charge in [-0.25, -0.2) is 4.79 Å². The minimum Gasteiger partial charge on any atom is -0.459 e. The van der Waals surface area contributed by atoms with Crippen LogP contribution in [0.3, 0.4) is 0 Å². The number of urea groups is 1. The first-order valence-corrected chi connectivity index (χ1v) is 11.6. The van der Waals surface area contributed by atoms with E-state index in [1.807, 2.05) is 11.8 Å². The van der Waals surface area contributed by atoms with E-state index >= 15 is 0 Å². The van der Waals surface area contributed by atoms with Gasteiger partial charge in [0.05, 0.1) is 12.3 Å². The average Bonchev–Trinajstić information content (AvgIpc) is 3.26. The summed E-state index contributed by atoms with van der Waals surface area (Å²) in [5.74, 6) is 2.13. The van der Waals surface area contributed by atoms with Crippen LogP contribution in [0.2, 0.25) is 0 Å². The molecule has 5 fully saturated rings. The molecule has 4 amide bonds. The van der Waals surface area contributed by atoms with Crippen molar-refractivity contribution in [3.8, 4) is 0 Å². The molecule has 1 unspecified atom stereocenters. The molecule has 31 heavy (non-hydrogen) atoms. The van der Waals surface area contributed by atoms with Crippen LogP contribution >= 0.6 is 0 Å². The van der Waals surface area contributed by atoms with Crippen molar-refractivity contribution in [2.75, 3.05) is 26.2 Å². The van der Waals surface area contributed by atoms with Crippen molar-refractivity contribution >= 4 is 17.8 Å². The largest absolute Gasteiger partial charge is 0.459 e. The summed E-state index contributed by atoms with van der Waals surface area (Å²) in [6, 6.07) is 2.57. The number of carbonyl (C=O) groups excluding carboxylic acids is 3. The van der Waals surface area contributed by atoms with E-state index in [0.29, 0.717) is 31.9 Å². The van der Waals surface area contributed by atoms with E-state index in [9.17, 15) is 14.4 Å². The Bertz CT molecular complexity index is 808. The number of amides is 4. The van der Waals surface area contributed by atoms with Crippen LogP contribution in [0.5, 0.6) is 0 Å². The van der Waals surface area contributed by atoms with Gasteiger partial charge >= 0.3 is 6.03 Å². The summed E-state index contributed by atoms with van der Waals surface area (Å²) in [5, 5.41) is 5.78. The topological polar surface area (TPSA) is 94.9 Å². The highest BCUT2D eigenvalue weighted by Gasteiger charge is 2.51. The second-order valence-corrected chi connectivity index (χ2v) is 10.1. The number of imide groups is 1. The maximum atomic E-state index is 12.7. The Morgan fingerprint density at radius 3 is 2.19 bits per heavy atom. The van der Waals surface area contributed by atoms with E-state index in [1.54, 1.807) is 17.0 Å². The fraction of sp³-hybridized carbons (Fsp3) is 0.696. The molecule has 1 aromatic heterocycles. The van der Waals surface area contributed by atoms with Crippen molar-refractivity contribution in [3.05, 3.63) is 24.2 Å². The van der Waals surface area contributed by atoms with Gasteiger partial charge in [-0.3, -0.25) is 19.8 Å². The third-order valence-corrected chi connectivity index (χ3v) is 7.91. The number of nitrogens with one attached hydrogen (secondary N) is 2. The first-order chi connectivity index (χ1) is 14.9. The van der Waals surface area contributed by atoms with Crippen LogP contribution in [-0.2, 0) is 4.79 Å². The van der Waals surface area contributed by atoms with Crippen LogP contribution in [0.25, 0.3) is 0 Å². The summed E-state index contributed by atoms with van der Waals surface area (Å²) in [5.41, 5.74) is -0.111. The van der Waals surface area contributed by atoms with Gasteiger partial charge in [0.2, 0.25) is 5.91 Å². The normalized spacial score (nSPS) is 33.2. The number of furan rings is 1. The maximum Gasteiger partial charge on any atom is 0.321 e. The number of hydrogen-bond donors (Lipinski definition) is 2. The minimum absolute atomic E-state index is 0.111. The van der Waals surface area contributed by atoms with E-state index in [0.717, 1.165) is 37.0 Å². The lowest BCUT2D eigenvalue weighted by Gasteiger charge is -2.56. The van der Waals surface area contributed by atoms with Crippen molar-refractivity contribution in [3.63, 3.8) is 0 Å². The third-order valence-electron chi connectivity index (χ3n) is 7.91. The Kier molecular flexibility index (Phi) is 5.28. The van der Waals surface area contributed by atoms with E-state index in [1.165, 1.54) is 25.5 Å². The van der Waals surface area contributed by atoms with Crippen LogP contribution in [-0.4, -0.2) is 65.4 Å². The number of carbonyl (C=O) groups is 3. The third kappa shape index (κ3) is 4.10. The van der Waals surface area contributed by atoms with E-state index < -0.39 is 6.04 Å². The lowest BCUT2D eigenvalue weighted by molar-refractivity contribution is -0.125. The monoisotopic (exact) mass is 428 g/mol. The molecule has 4 aliphatic carbocycles. The summed E-state index contributed by atoms with van der Waals surface area (Å²) < 4.78 is 5.19. The molecule has 0 spiro atoms. The molecular formula is C23H32N4O4. The van der Waals surface area contributed by atoms with Gasteiger partial charge in [-0.05, 0) is 75.3 Å². The Hall–Kier alpha value is -2.35. The minimum atomic E-state index is -0.428. The lowest BCUT2D eigenvalue weighted by Crippen LogP contribution is -2.63. The zero-order valence-corrected chi connectivity index (χ0v) is 18.1. The highest BCUT2D eigenvalue weighted by atomic mass is 16.3. The number of rotatable bonds is 4. The Labute approximate surface area is 182 Å². The zero-order chi connectivity index (χ0) is 21.6. The molecule has 1 aromatic rings. The summed E-state index contributed by atoms with van der Waals surface area (Å²) in [6.45, 7) is 4.03. The molecule has 4 saturated carbocycles. The van der Waals surface area contributed by atoms with E-state index in [-0.39, 0.29) is 23.4 Å². The molecule has 1 saturated heterocycles. The standard InChI is InChI=1S/C23H32N4O4/c1-15(26-4-6-27(7-5-26)21(29)19-3-2-8-31-19)20(28)24-22(30)25-23-12-16-9-17(13-23)11-18(10-16)14-23/h2-3,8,15-18H,4-7,9-14H2,1H3,(H2,24,25,28,30). The fourth-order valence-corrected chi connectivity index (χ4v) is 6.79. The van der Waals surface area contributed by atoms with Crippen LogP contribution in [0.15, 0.2) is 22.8 Å². The Morgan fingerprint density at radius 2 is 1.65 bits per heavy atom. The number of nitrogens with zero attached hydrogens (tertiary/aromatic N) is 2. The highest BCUT2D eigenvalue weighted by molar-refractivity contribution is 5.97. The van der Waals surface area contributed by atoms with Crippen molar-refractivity contribution in [1.29, 1.82) is 0 Å². The molecule has 0 aromatic carbocycles. The Morgan fingerprint density at radius 1 is 1.03 bits per heavy atom. The summed E-state index contributed by atoms with van der Waals surface area (Å²) in [7, 11) is 0. The molecule has 8 heteroatoms. The van der Waals surface area contributed by atoms with Crippen LogP contribution in [0.4, 0.5) is 4.79 Å². The summed E-state index contributed by atoms with van der Waals surface area (Å²) in [4.78, 5) is 41.6. The molecule has 6 rings (SSSR count). The highest BCUT2D eigenvalue weighted by Crippen LogP contribution is 2.55. The number of hydrogen-bond acceptors (Lipinski definition) is 5. The molecule has 8 nitrogen and oxygen atoms in total. The molecule has 168 valence electrons. The van der Waals surface area contributed by atoms with Crippen molar-refractivity contribution in [2.24, 2.45) is 17.8 Å². The van der Waals surface area contributed by atoms with Gasteiger partial charge in [-0.2, -0.15) is 0 Å². The van der Waals surface area contributed by atoms with E-state index in [4.69, 9.17) is 4.42 Å². The van der Waals surface area contributed by atoms with Gasteiger partial charge in [0.25, 0.3) is 5.91 Å². The lowest BCUT2D eigenvalue weighted by atomic mass is 9.53. The molecule has 0 radical (unpaired) electrons. The summed E-state index contributed by atoms with van der Waals surface area (Å²) >= 11 is 0. The number of piperazine rings is 1. The fourth-order valence-electron chi connectivity index (χ4n) is 6.79. The summed E-state index contributed by atoms with van der Waals surface area (Å²) in [6.07, 6.45) is 8.60. The predicted octanol–water partition coefficient (Wildman–Crippen LogP) is 2.22. The maximum absolute atomic E-state index is 12.7. The molecule has 1 atom stereocenters. The molecular weight excluding hydrogens is 396 g/mol. The molecule has 2 heterocycles. The van der Waals surface area contributed by atoms with Gasteiger partial charge < -0.3 is 14.6 Å². The predicted molar refractivity (Wildman–Crippen MR) is 113 cm³/mol. The average molecular weight is 429 g/mol. The van der Waals surface area contributed by atoms with E-state index in [2.05, 4.69) is 10.6 Å². The molecule has 1 aliphatic heterocycles.